The molecule has 2 heterocycles. The molecule has 2 aromatic heterocycles. The van der Waals surface area contributed by atoms with Crippen LogP contribution in [0.5, 0.6) is 5.75 Å². The maximum Gasteiger partial charge on any atom is 0.160 e. The van der Waals surface area contributed by atoms with Crippen molar-refractivity contribution in [2.24, 2.45) is 5.73 Å². The van der Waals surface area contributed by atoms with Crippen molar-refractivity contribution in [1.82, 2.24) is 14.6 Å². The first-order chi connectivity index (χ1) is 9.63. The highest BCUT2D eigenvalue weighted by Gasteiger charge is 2.14. The second kappa shape index (κ2) is 5.22. The van der Waals surface area contributed by atoms with Gasteiger partial charge in [0.05, 0.1) is 6.04 Å². The second-order valence-corrected chi connectivity index (χ2v) is 5.53. The molecule has 0 saturated carbocycles. The molecule has 6 heteroatoms. The minimum absolute atomic E-state index is 0.249. The van der Waals surface area contributed by atoms with Crippen LogP contribution in [0.1, 0.15) is 17.4 Å². The summed E-state index contributed by atoms with van der Waals surface area (Å²) in [5.41, 5.74) is 8.04. The smallest absolute Gasteiger partial charge is 0.160 e. The van der Waals surface area contributed by atoms with E-state index in [0.29, 0.717) is 6.42 Å². The standard InChI is InChI=1S/C14H13BrN4O/c15-10-3-6-13-17-18-14(19(13)8-10)12(16)7-9-1-4-11(20)5-2-9/h1-6,8,12,20H,7,16H2. The fourth-order valence-corrected chi connectivity index (χ4v) is 2.45. The Labute approximate surface area is 124 Å². The summed E-state index contributed by atoms with van der Waals surface area (Å²) in [5, 5.41) is 17.6. The molecule has 0 aliphatic carbocycles. The lowest BCUT2D eigenvalue weighted by atomic mass is 10.1. The first kappa shape index (κ1) is 13.1. The van der Waals surface area contributed by atoms with Crippen LogP contribution >= 0.6 is 15.9 Å². The predicted octanol–water partition coefficient (Wildman–Crippen LogP) is 2.44. The molecule has 0 aliphatic heterocycles. The van der Waals surface area contributed by atoms with Crippen LogP contribution in [0, 0.1) is 0 Å². The molecule has 0 spiro atoms. The highest BCUT2D eigenvalue weighted by Crippen LogP contribution is 2.19. The van der Waals surface area contributed by atoms with Gasteiger partial charge in [0, 0.05) is 10.7 Å². The number of fused-ring (bicyclic) bond motifs is 1. The van der Waals surface area contributed by atoms with E-state index in [1.54, 1.807) is 12.1 Å². The molecule has 0 radical (unpaired) electrons. The van der Waals surface area contributed by atoms with Gasteiger partial charge in [0.2, 0.25) is 0 Å². The number of rotatable bonds is 3. The van der Waals surface area contributed by atoms with E-state index in [0.717, 1.165) is 21.5 Å². The van der Waals surface area contributed by atoms with Crippen LogP contribution in [0.25, 0.3) is 5.65 Å². The molecule has 1 unspecified atom stereocenters. The first-order valence-electron chi connectivity index (χ1n) is 6.17. The topological polar surface area (TPSA) is 76.4 Å². The molecule has 0 saturated heterocycles. The average molecular weight is 333 g/mol. The van der Waals surface area contributed by atoms with E-state index >= 15 is 0 Å². The fourth-order valence-electron chi connectivity index (χ4n) is 2.11. The van der Waals surface area contributed by atoms with Crippen LogP contribution in [-0.4, -0.2) is 19.7 Å². The van der Waals surface area contributed by atoms with Crippen molar-refractivity contribution in [3.05, 3.63) is 58.5 Å². The van der Waals surface area contributed by atoms with Gasteiger partial charge in [0.15, 0.2) is 11.5 Å². The molecule has 3 rings (SSSR count). The summed E-state index contributed by atoms with van der Waals surface area (Å²) in [6.07, 6.45) is 2.54. The van der Waals surface area contributed by atoms with E-state index in [-0.39, 0.29) is 11.8 Å². The number of hydrogen-bond donors (Lipinski definition) is 2. The molecule has 0 fully saturated rings. The normalized spacial score (nSPS) is 12.7. The van der Waals surface area contributed by atoms with Crippen LogP contribution in [0.4, 0.5) is 0 Å². The summed E-state index contributed by atoms with van der Waals surface area (Å²) < 4.78 is 2.83. The number of hydrogen-bond acceptors (Lipinski definition) is 4. The molecule has 102 valence electrons. The van der Waals surface area contributed by atoms with Crippen molar-refractivity contribution >= 4 is 21.6 Å². The number of halogens is 1. The summed E-state index contributed by atoms with van der Waals surface area (Å²) in [7, 11) is 0. The van der Waals surface area contributed by atoms with Gasteiger partial charge in [-0.1, -0.05) is 12.1 Å². The minimum atomic E-state index is -0.260. The highest BCUT2D eigenvalue weighted by molar-refractivity contribution is 9.10. The Morgan fingerprint density at radius 3 is 2.65 bits per heavy atom. The van der Waals surface area contributed by atoms with Crippen molar-refractivity contribution in [3.63, 3.8) is 0 Å². The van der Waals surface area contributed by atoms with E-state index in [2.05, 4.69) is 26.1 Å². The summed E-state index contributed by atoms with van der Waals surface area (Å²) in [4.78, 5) is 0. The Bertz CT molecular complexity index is 739. The lowest BCUT2D eigenvalue weighted by Crippen LogP contribution is -2.16. The fraction of sp³-hybridized carbons (Fsp3) is 0.143. The lowest BCUT2D eigenvalue weighted by molar-refractivity contribution is 0.475. The van der Waals surface area contributed by atoms with E-state index in [1.807, 2.05) is 34.9 Å². The van der Waals surface area contributed by atoms with E-state index < -0.39 is 0 Å². The van der Waals surface area contributed by atoms with Crippen molar-refractivity contribution in [2.75, 3.05) is 0 Å². The summed E-state index contributed by atoms with van der Waals surface area (Å²) >= 11 is 3.43. The Balaban J connectivity index is 1.90. The molecule has 1 atom stereocenters. The number of aromatic hydroxyl groups is 1. The van der Waals surface area contributed by atoms with Crippen molar-refractivity contribution < 1.29 is 5.11 Å². The zero-order valence-corrected chi connectivity index (χ0v) is 12.2. The van der Waals surface area contributed by atoms with E-state index in [9.17, 15) is 5.11 Å². The highest BCUT2D eigenvalue weighted by atomic mass is 79.9. The maximum absolute atomic E-state index is 9.28. The first-order valence-corrected chi connectivity index (χ1v) is 6.96. The number of nitrogens with two attached hydrogens (primary N) is 1. The third kappa shape index (κ3) is 2.52. The van der Waals surface area contributed by atoms with Crippen LogP contribution in [0.3, 0.4) is 0 Å². The summed E-state index contributed by atoms with van der Waals surface area (Å²) in [6.45, 7) is 0. The van der Waals surface area contributed by atoms with Crippen LogP contribution < -0.4 is 5.73 Å². The van der Waals surface area contributed by atoms with Gasteiger partial charge in [-0.05, 0) is 52.2 Å². The third-order valence-corrected chi connectivity index (χ3v) is 3.59. The largest absolute Gasteiger partial charge is 0.508 e. The van der Waals surface area contributed by atoms with Crippen LogP contribution in [0.15, 0.2) is 47.1 Å². The Morgan fingerprint density at radius 2 is 1.90 bits per heavy atom. The Hall–Kier alpha value is -1.92. The molecule has 3 aromatic rings. The van der Waals surface area contributed by atoms with Gasteiger partial charge < -0.3 is 10.8 Å². The summed E-state index contributed by atoms with van der Waals surface area (Å²) in [5.74, 6) is 0.966. The number of benzene rings is 1. The van der Waals surface area contributed by atoms with Crippen LogP contribution in [0.2, 0.25) is 0 Å². The number of aromatic nitrogens is 3. The second-order valence-electron chi connectivity index (χ2n) is 4.61. The van der Waals surface area contributed by atoms with E-state index in [1.165, 1.54) is 0 Å². The zero-order chi connectivity index (χ0) is 14.1. The molecular weight excluding hydrogens is 320 g/mol. The summed E-state index contributed by atoms with van der Waals surface area (Å²) in [6, 6.07) is 10.6. The van der Waals surface area contributed by atoms with Gasteiger partial charge in [-0.2, -0.15) is 0 Å². The lowest BCUT2D eigenvalue weighted by Gasteiger charge is -2.10. The molecule has 0 bridgehead atoms. The number of phenols is 1. The van der Waals surface area contributed by atoms with Gasteiger partial charge in [-0.15, -0.1) is 10.2 Å². The molecular formula is C14H13BrN4O. The van der Waals surface area contributed by atoms with Crippen molar-refractivity contribution in [3.8, 4) is 5.75 Å². The minimum Gasteiger partial charge on any atom is -0.508 e. The zero-order valence-electron chi connectivity index (χ0n) is 10.6. The van der Waals surface area contributed by atoms with E-state index in [4.69, 9.17) is 5.73 Å². The van der Waals surface area contributed by atoms with Gasteiger partial charge in [0.25, 0.3) is 0 Å². The predicted molar refractivity (Wildman–Crippen MR) is 79.4 cm³/mol. The van der Waals surface area contributed by atoms with Gasteiger partial charge in [0.1, 0.15) is 5.75 Å². The van der Waals surface area contributed by atoms with Gasteiger partial charge in [-0.25, -0.2) is 0 Å². The van der Waals surface area contributed by atoms with Gasteiger partial charge >= 0.3 is 0 Å². The number of pyridine rings is 1. The average Bonchev–Trinajstić information content (AvgIpc) is 2.84. The third-order valence-electron chi connectivity index (χ3n) is 3.12. The molecule has 5 nitrogen and oxygen atoms in total. The van der Waals surface area contributed by atoms with Crippen molar-refractivity contribution in [2.45, 2.75) is 12.5 Å². The molecule has 3 N–H and O–H groups in total. The monoisotopic (exact) mass is 332 g/mol. The maximum atomic E-state index is 9.28. The van der Waals surface area contributed by atoms with Gasteiger partial charge in [-0.3, -0.25) is 4.40 Å². The molecule has 0 aliphatic rings. The van der Waals surface area contributed by atoms with Crippen LogP contribution in [-0.2, 0) is 6.42 Å². The molecule has 20 heavy (non-hydrogen) atoms. The Kier molecular flexibility index (Phi) is 3.42. The Morgan fingerprint density at radius 1 is 1.15 bits per heavy atom. The molecule has 0 amide bonds. The number of nitrogens with zero attached hydrogens (tertiary/aromatic N) is 3. The quantitative estimate of drug-likeness (QED) is 0.772. The molecule has 1 aromatic carbocycles. The van der Waals surface area contributed by atoms with Crippen molar-refractivity contribution in [1.29, 1.82) is 0 Å². The SMILES string of the molecule is NC(Cc1ccc(O)cc1)c1nnc2ccc(Br)cn12. The number of phenolic OH excluding ortho intramolecular Hbond substituents is 1.